The van der Waals surface area contributed by atoms with Crippen molar-refractivity contribution in [3.05, 3.63) is 0 Å². The number of aliphatic carboxylic acids is 1. The number of nitrogens with one attached hydrogen (secondary N) is 3. The van der Waals surface area contributed by atoms with Crippen LogP contribution in [0.25, 0.3) is 0 Å². The second-order valence-electron chi connectivity index (χ2n) is 9.16. The van der Waals surface area contributed by atoms with Crippen molar-refractivity contribution in [2.24, 2.45) is 11.7 Å². The average Bonchev–Trinajstić information content (AvgIpc) is 3.27. The van der Waals surface area contributed by atoms with Gasteiger partial charge in [0.05, 0.1) is 12.5 Å². The number of nitrogens with two attached hydrogens (primary N) is 1. The predicted octanol–water partition coefficient (Wildman–Crippen LogP) is -1.17. The number of carbonyl (C=O) groups excluding carboxylic acids is 6. The van der Waals surface area contributed by atoms with E-state index in [4.69, 9.17) is 10.8 Å². The lowest BCUT2D eigenvalue weighted by Gasteiger charge is -2.31. The van der Waals surface area contributed by atoms with Crippen LogP contribution in [0.2, 0.25) is 0 Å². The molecule has 0 bridgehead atoms. The molecule has 0 saturated carbocycles. The summed E-state index contributed by atoms with van der Waals surface area (Å²) in [6.07, 6.45) is -0.211. The fourth-order valence-corrected chi connectivity index (χ4v) is 4.00. The van der Waals surface area contributed by atoms with Gasteiger partial charge in [-0.25, -0.2) is 0 Å². The third-order valence-electron chi connectivity index (χ3n) is 5.87. The molecule has 1 saturated heterocycles. The minimum absolute atomic E-state index is 0.0696. The van der Waals surface area contributed by atoms with Crippen molar-refractivity contribution < 1.29 is 38.7 Å². The van der Waals surface area contributed by atoms with Gasteiger partial charge in [-0.15, -0.1) is 0 Å². The maximum Gasteiger partial charge on any atom is 0.303 e. The molecular weight excluding hydrogens is 474 g/mol. The molecule has 13 nitrogen and oxygen atoms in total. The van der Waals surface area contributed by atoms with Gasteiger partial charge >= 0.3 is 5.97 Å². The summed E-state index contributed by atoms with van der Waals surface area (Å²) in [6.45, 7) is 6.41. The van der Waals surface area contributed by atoms with Crippen LogP contribution in [0, 0.1) is 5.92 Å². The molecule has 202 valence electrons. The van der Waals surface area contributed by atoms with E-state index in [1.807, 2.05) is 0 Å². The number of Topliss-reactive ketones (excluding diaryl/α,β-unsaturated/α-hetero) is 1. The maximum absolute atomic E-state index is 13.4. The molecule has 0 radical (unpaired) electrons. The van der Waals surface area contributed by atoms with Gasteiger partial charge in [0.25, 0.3) is 0 Å². The number of amides is 5. The first kappa shape index (κ1) is 30.5. The summed E-state index contributed by atoms with van der Waals surface area (Å²) >= 11 is 0. The Morgan fingerprint density at radius 2 is 1.67 bits per heavy atom. The third-order valence-corrected chi connectivity index (χ3v) is 5.87. The van der Waals surface area contributed by atoms with Crippen LogP contribution in [0.15, 0.2) is 0 Å². The summed E-state index contributed by atoms with van der Waals surface area (Å²) in [5.41, 5.74) is 5.19. The SMILES string of the molecule is CCC(=O)[C@H](CC(N)=O)NC(=O)C1CCCN1C(=O)C(CCC(=O)O)NC(=O)[C@@H](NC(C)=O)C(C)C. The van der Waals surface area contributed by atoms with Crippen LogP contribution in [0.5, 0.6) is 0 Å². The molecular formula is C23H37N5O8. The van der Waals surface area contributed by atoms with E-state index in [2.05, 4.69) is 16.0 Å². The molecule has 0 aromatic rings. The van der Waals surface area contributed by atoms with Crippen molar-refractivity contribution in [3.8, 4) is 0 Å². The number of likely N-dealkylation sites (tertiary alicyclic amines) is 1. The molecule has 0 aromatic heterocycles. The van der Waals surface area contributed by atoms with Gasteiger partial charge in [0.2, 0.25) is 29.5 Å². The minimum Gasteiger partial charge on any atom is -0.481 e. The summed E-state index contributed by atoms with van der Waals surface area (Å²) in [6, 6.07) is -4.30. The van der Waals surface area contributed by atoms with E-state index in [0.29, 0.717) is 6.42 Å². The Morgan fingerprint density at radius 1 is 1.03 bits per heavy atom. The first-order valence-electron chi connectivity index (χ1n) is 12.0. The van der Waals surface area contributed by atoms with Crippen LogP contribution in [0.1, 0.15) is 66.2 Å². The highest BCUT2D eigenvalue weighted by molar-refractivity contribution is 5.97. The molecule has 5 amide bonds. The van der Waals surface area contributed by atoms with Crippen LogP contribution in [-0.2, 0) is 33.6 Å². The highest BCUT2D eigenvalue weighted by atomic mass is 16.4. The van der Waals surface area contributed by atoms with Crippen molar-refractivity contribution in [3.63, 3.8) is 0 Å². The van der Waals surface area contributed by atoms with E-state index in [9.17, 15) is 33.6 Å². The van der Waals surface area contributed by atoms with Crippen LogP contribution in [0.3, 0.4) is 0 Å². The molecule has 0 spiro atoms. The van der Waals surface area contributed by atoms with Gasteiger partial charge in [-0.2, -0.15) is 0 Å². The molecule has 1 heterocycles. The van der Waals surface area contributed by atoms with Crippen LogP contribution in [-0.4, -0.2) is 82.0 Å². The van der Waals surface area contributed by atoms with Crippen molar-refractivity contribution in [1.82, 2.24) is 20.9 Å². The Kier molecular flexibility index (Phi) is 12.0. The van der Waals surface area contributed by atoms with Crippen molar-refractivity contribution in [2.75, 3.05) is 6.54 Å². The van der Waals surface area contributed by atoms with Crippen molar-refractivity contribution >= 4 is 41.3 Å². The summed E-state index contributed by atoms with van der Waals surface area (Å²) in [4.78, 5) is 86.6. The zero-order valence-corrected chi connectivity index (χ0v) is 21.2. The summed E-state index contributed by atoms with van der Waals surface area (Å²) in [5, 5.41) is 16.7. The summed E-state index contributed by atoms with van der Waals surface area (Å²) in [7, 11) is 0. The molecule has 4 atom stereocenters. The molecule has 0 aromatic carbocycles. The molecule has 0 aliphatic carbocycles. The van der Waals surface area contributed by atoms with Gasteiger partial charge in [-0.1, -0.05) is 20.8 Å². The van der Waals surface area contributed by atoms with E-state index in [-0.39, 0.29) is 43.9 Å². The lowest BCUT2D eigenvalue weighted by Crippen LogP contribution is -2.58. The Balaban J connectivity index is 3.10. The highest BCUT2D eigenvalue weighted by Gasteiger charge is 2.39. The lowest BCUT2D eigenvalue weighted by atomic mass is 10.0. The minimum atomic E-state index is -1.25. The highest BCUT2D eigenvalue weighted by Crippen LogP contribution is 2.20. The number of hydrogen-bond donors (Lipinski definition) is 5. The molecule has 2 unspecified atom stereocenters. The molecule has 1 rings (SSSR count). The molecule has 6 N–H and O–H groups in total. The Morgan fingerprint density at radius 3 is 2.17 bits per heavy atom. The number of carbonyl (C=O) groups is 7. The molecule has 1 fully saturated rings. The first-order valence-corrected chi connectivity index (χ1v) is 12.0. The number of primary amides is 1. The largest absolute Gasteiger partial charge is 0.481 e. The lowest BCUT2D eigenvalue weighted by molar-refractivity contribution is -0.143. The quantitative estimate of drug-likeness (QED) is 0.192. The van der Waals surface area contributed by atoms with E-state index in [1.54, 1.807) is 20.8 Å². The van der Waals surface area contributed by atoms with Crippen LogP contribution >= 0.6 is 0 Å². The van der Waals surface area contributed by atoms with E-state index in [0.717, 1.165) is 0 Å². The number of carboxylic acids is 1. The van der Waals surface area contributed by atoms with Gasteiger partial charge in [0, 0.05) is 26.3 Å². The molecule has 1 aliphatic heterocycles. The van der Waals surface area contributed by atoms with Gasteiger partial charge in [0.1, 0.15) is 18.1 Å². The van der Waals surface area contributed by atoms with Crippen LogP contribution < -0.4 is 21.7 Å². The summed E-state index contributed by atoms with van der Waals surface area (Å²) < 4.78 is 0. The number of nitrogens with zero attached hydrogens (tertiary/aromatic N) is 1. The fourth-order valence-electron chi connectivity index (χ4n) is 4.00. The zero-order valence-electron chi connectivity index (χ0n) is 21.2. The number of ketones is 1. The fraction of sp³-hybridized carbons (Fsp3) is 0.696. The second kappa shape index (κ2) is 14.1. The first-order chi connectivity index (χ1) is 16.8. The van der Waals surface area contributed by atoms with Crippen molar-refractivity contribution in [1.29, 1.82) is 0 Å². The maximum atomic E-state index is 13.4. The summed E-state index contributed by atoms with van der Waals surface area (Å²) in [5.74, 6) is -5.03. The van der Waals surface area contributed by atoms with E-state index < -0.39 is 66.1 Å². The smallest absolute Gasteiger partial charge is 0.303 e. The zero-order chi connectivity index (χ0) is 27.6. The number of hydrogen-bond acceptors (Lipinski definition) is 7. The van der Waals surface area contributed by atoms with E-state index in [1.165, 1.54) is 11.8 Å². The van der Waals surface area contributed by atoms with E-state index >= 15 is 0 Å². The normalized spacial score (nSPS) is 17.6. The third kappa shape index (κ3) is 9.27. The predicted molar refractivity (Wildman–Crippen MR) is 127 cm³/mol. The Labute approximate surface area is 209 Å². The average molecular weight is 512 g/mol. The Hall–Kier alpha value is -3.51. The number of carboxylic acid groups (broad SMARTS) is 1. The second-order valence-corrected chi connectivity index (χ2v) is 9.16. The molecule has 1 aliphatic rings. The van der Waals surface area contributed by atoms with Crippen LogP contribution in [0.4, 0.5) is 0 Å². The monoisotopic (exact) mass is 511 g/mol. The van der Waals surface area contributed by atoms with Gasteiger partial charge in [-0.3, -0.25) is 33.6 Å². The topological polar surface area (TPSA) is 205 Å². The number of rotatable bonds is 14. The van der Waals surface area contributed by atoms with Gasteiger partial charge in [0.15, 0.2) is 5.78 Å². The molecule has 13 heteroatoms. The standard InChI is InChI=1S/C23H37N5O8/c1-5-17(30)15(11-18(24)31)27-21(34)16-7-6-10-28(16)23(36)14(8-9-19(32)33)26-22(35)20(12(2)3)25-13(4)29/h12,14-16,20H,5-11H2,1-4H3,(H2,24,31)(H,25,29)(H,26,35)(H,27,34)(H,32,33)/t14?,15-,16?,20-/m0/s1. The van der Waals surface area contributed by atoms with Gasteiger partial charge in [-0.05, 0) is 25.2 Å². The van der Waals surface area contributed by atoms with Crippen molar-refractivity contribution in [2.45, 2.75) is 90.4 Å². The Bertz CT molecular complexity index is 875. The van der Waals surface area contributed by atoms with Gasteiger partial charge < -0.3 is 31.7 Å². The molecule has 36 heavy (non-hydrogen) atoms.